The smallest absolute Gasteiger partial charge is 0.547 e. The van der Waals surface area contributed by atoms with Crippen molar-refractivity contribution in [2.75, 3.05) is 6.61 Å². The minimum Gasteiger partial charge on any atom is -0.547 e. The predicted molar refractivity (Wildman–Crippen MR) is 35.9 cm³/mol. The fourth-order valence-electron chi connectivity index (χ4n) is 1.01. The van der Waals surface area contributed by atoms with E-state index in [9.17, 15) is 9.90 Å². The molecule has 0 aliphatic carbocycles. The molecule has 0 aromatic heterocycles. The van der Waals surface area contributed by atoms with Gasteiger partial charge in [0.05, 0.1) is 12.6 Å². The van der Waals surface area contributed by atoms with E-state index in [1.807, 2.05) is 0 Å². The standard InChI is InChI=1S/C7H10O5.Na/c1-3-5(9)4(8)2-12-6(3)7(10)11;/h4-6,8-9H,1-2H2,(H,10,11);/q;+1/p-1. The Hall–Kier alpha value is 0.0900. The summed E-state index contributed by atoms with van der Waals surface area (Å²) in [7, 11) is 0. The Labute approximate surface area is 97.3 Å². The summed E-state index contributed by atoms with van der Waals surface area (Å²) < 4.78 is 4.66. The van der Waals surface area contributed by atoms with Crippen molar-refractivity contribution < 1.29 is 54.4 Å². The van der Waals surface area contributed by atoms with Crippen LogP contribution in [0.2, 0.25) is 0 Å². The number of carbonyl (C=O) groups is 1. The average Bonchev–Trinajstić information content (AvgIpc) is 2.00. The first-order chi connectivity index (χ1) is 5.54. The van der Waals surface area contributed by atoms with E-state index in [1.165, 1.54) is 0 Å². The Kier molecular flexibility index (Phi) is 5.13. The number of aliphatic carboxylic acids is 1. The number of aliphatic hydroxyl groups excluding tert-OH is 2. The van der Waals surface area contributed by atoms with Crippen molar-refractivity contribution in [1.29, 1.82) is 0 Å². The van der Waals surface area contributed by atoms with Crippen molar-refractivity contribution in [3.05, 3.63) is 12.2 Å². The summed E-state index contributed by atoms with van der Waals surface area (Å²) in [6.45, 7) is 3.07. The molecule has 5 nitrogen and oxygen atoms in total. The first kappa shape index (κ1) is 13.1. The van der Waals surface area contributed by atoms with Crippen LogP contribution in [-0.2, 0) is 9.53 Å². The van der Waals surface area contributed by atoms with Crippen LogP contribution in [0.4, 0.5) is 0 Å². The van der Waals surface area contributed by atoms with Crippen molar-refractivity contribution in [3.8, 4) is 0 Å². The average molecular weight is 196 g/mol. The van der Waals surface area contributed by atoms with Gasteiger partial charge in [0.1, 0.15) is 18.3 Å². The summed E-state index contributed by atoms with van der Waals surface area (Å²) in [6.07, 6.45) is -3.67. The van der Waals surface area contributed by atoms with Gasteiger partial charge < -0.3 is 24.9 Å². The van der Waals surface area contributed by atoms with Gasteiger partial charge in [0.25, 0.3) is 0 Å². The maximum atomic E-state index is 10.3. The van der Waals surface area contributed by atoms with Gasteiger partial charge in [0, 0.05) is 0 Å². The third-order valence-electron chi connectivity index (χ3n) is 1.73. The van der Waals surface area contributed by atoms with Crippen molar-refractivity contribution in [1.82, 2.24) is 0 Å². The van der Waals surface area contributed by atoms with Crippen LogP contribution < -0.4 is 34.7 Å². The monoisotopic (exact) mass is 196 g/mol. The van der Waals surface area contributed by atoms with E-state index in [2.05, 4.69) is 11.3 Å². The van der Waals surface area contributed by atoms with Crippen LogP contribution >= 0.6 is 0 Å². The Morgan fingerprint density at radius 3 is 2.62 bits per heavy atom. The molecule has 6 heteroatoms. The minimum atomic E-state index is -1.45. The summed E-state index contributed by atoms with van der Waals surface area (Å²) in [5.41, 5.74) is -0.0752. The molecule has 1 aliphatic rings. The van der Waals surface area contributed by atoms with E-state index in [1.54, 1.807) is 0 Å². The van der Waals surface area contributed by atoms with Gasteiger partial charge in [-0.1, -0.05) is 6.58 Å². The maximum absolute atomic E-state index is 10.3. The molecule has 0 bridgehead atoms. The topological polar surface area (TPSA) is 89.8 Å². The number of carboxylic acids is 1. The molecule has 1 heterocycles. The molecule has 3 unspecified atom stereocenters. The summed E-state index contributed by atoms with van der Waals surface area (Å²) in [4.78, 5) is 10.3. The van der Waals surface area contributed by atoms with Gasteiger partial charge in [-0.15, -0.1) is 0 Å². The fraction of sp³-hybridized carbons (Fsp3) is 0.571. The van der Waals surface area contributed by atoms with Crippen molar-refractivity contribution >= 4 is 5.97 Å². The third kappa shape index (κ3) is 2.77. The van der Waals surface area contributed by atoms with Crippen LogP contribution in [0.1, 0.15) is 0 Å². The molecule has 0 aromatic rings. The van der Waals surface area contributed by atoms with E-state index in [4.69, 9.17) is 10.2 Å². The number of rotatable bonds is 1. The van der Waals surface area contributed by atoms with E-state index in [0.29, 0.717) is 0 Å². The molecule has 2 N–H and O–H groups in total. The largest absolute Gasteiger partial charge is 1.00 e. The molecule has 1 saturated heterocycles. The van der Waals surface area contributed by atoms with E-state index < -0.39 is 24.3 Å². The molecule has 1 rings (SSSR count). The Morgan fingerprint density at radius 2 is 2.15 bits per heavy atom. The number of aliphatic hydroxyl groups is 2. The molecule has 0 saturated carbocycles. The number of hydrogen-bond acceptors (Lipinski definition) is 5. The molecular formula is C7H9NaO5. The van der Waals surface area contributed by atoms with E-state index in [0.717, 1.165) is 0 Å². The van der Waals surface area contributed by atoms with Crippen LogP contribution in [0.25, 0.3) is 0 Å². The second-order valence-corrected chi connectivity index (χ2v) is 2.62. The van der Waals surface area contributed by atoms with Gasteiger partial charge in [0.2, 0.25) is 0 Å². The predicted octanol–water partition coefficient (Wildman–Crippen LogP) is -5.58. The molecule has 13 heavy (non-hydrogen) atoms. The second-order valence-electron chi connectivity index (χ2n) is 2.62. The first-order valence-electron chi connectivity index (χ1n) is 3.41. The van der Waals surface area contributed by atoms with Crippen LogP contribution in [-0.4, -0.2) is 41.1 Å². The van der Waals surface area contributed by atoms with Crippen molar-refractivity contribution in [3.63, 3.8) is 0 Å². The zero-order chi connectivity index (χ0) is 9.30. The quantitative estimate of drug-likeness (QED) is 0.322. The van der Waals surface area contributed by atoms with Gasteiger partial charge in [-0.3, -0.25) is 0 Å². The molecule has 68 valence electrons. The van der Waals surface area contributed by atoms with Crippen LogP contribution in [0.3, 0.4) is 0 Å². The molecule has 0 radical (unpaired) electrons. The normalized spacial score (nSPS) is 33.7. The number of carbonyl (C=O) groups excluding carboxylic acids is 1. The van der Waals surface area contributed by atoms with Gasteiger partial charge in [-0.25, -0.2) is 0 Å². The molecule has 1 aliphatic heterocycles. The Bertz CT molecular complexity index is 217. The molecular weight excluding hydrogens is 187 g/mol. The minimum absolute atomic E-state index is 0. The summed E-state index contributed by atoms with van der Waals surface area (Å²) in [5, 5.41) is 28.5. The van der Waals surface area contributed by atoms with Crippen LogP contribution in [0, 0.1) is 0 Å². The fourth-order valence-corrected chi connectivity index (χ4v) is 1.01. The van der Waals surface area contributed by atoms with Crippen LogP contribution in [0.15, 0.2) is 12.2 Å². The number of hydrogen-bond donors (Lipinski definition) is 2. The summed E-state index contributed by atoms with van der Waals surface area (Å²) in [5.74, 6) is -1.45. The second kappa shape index (κ2) is 5.09. The molecule has 0 aromatic carbocycles. The van der Waals surface area contributed by atoms with Gasteiger partial charge in [0.15, 0.2) is 0 Å². The zero-order valence-corrected chi connectivity index (χ0v) is 9.27. The number of ether oxygens (including phenoxy) is 1. The molecule has 1 fully saturated rings. The Morgan fingerprint density at radius 1 is 1.62 bits per heavy atom. The molecule has 0 amide bonds. The zero-order valence-electron chi connectivity index (χ0n) is 7.27. The van der Waals surface area contributed by atoms with Crippen molar-refractivity contribution in [2.45, 2.75) is 18.3 Å². The SMILES string of the molecule is C=C1C(C(=O)[O-])OCC(O)C1O.[Na+]. The van der Waals surface area contributed by atoms with Crippen molar-refractivity contribution in [2.24, 2.45) is 0 Å². The van der Waals surface area contributed by atoms with Crippen LogP contribution in [0.5, 0.6) is 0 Å². The van der Waals surface area contributed by atoms with E-state index in [-0.39, 0.29) is 41.7 Å². The summed E-state index contributed by atoms with van der Waals surface area (Å²) in [6, 6.07) is 0. The molecule has 0 spiro atoms. The summed E-state index contributed by atoms with van der Waals surface area (Å²) >= 11 is 0. The van der Waals surface area contributed by atoms with E-state index >= 15 is 0 Å². The van der Waals surface area contributed by atoms with Gasteiger partial charge >= 0.3 is 29.6 Å². The van der Waals surface area contributed by atoms with Gasteiger partial charge in [-0.05, 0) is 5.57 Å². The Balaban J connectivity index is 0.00000144. The first-order valence-corrected chi connectivity index (χ1v) is 3.41. The molecule has 3 atom stereocenters. The van der Waals surface area contributed by atoms with Gasteiger partial charge in [-0.2, -0.15) is 0 Å². The number of carboxylic acid groups (broad SMARTS) is 1. The maximum Gasteiger partial charge on any atom is 1.00 e. The third-order valence-corrected chi connectivity index (χ3v) is 1.73.